The summed E-state index contributed by atoms with van der Waals surface area (Å²) in [6.07, 6.45) is -11.0. The Morgan fingerprint density at radius 2 is 1.45 bits per heavy atom. The van der Waals surface area contributed by atoms with Crippen molar-refractivity contribution in [3.05, 3.63) is 0 Å². The lowest BCUT2D eigenvalue weighted by Crippen LogP contribution is -2.70. The predicted molar refractivity (Wildman–Crippen MR) is 86.8 cm³/mol. The van der Waals surface area contributed by atoms with Crippen LogP contribution in [-0.4, -0.2) is 48.8 Å². The molecule has 1 saturated heterocycles. The van der Waals surface area contributed by atoms with Crippen molar-refractivity contribution >= 4 is 5.97 Å². The van der Waals surface area contributed by atoms with Crippen LogP contribution in [0.25, 0.3) is 0 Å². The molecule has 4 saturated carbocycles. The number of hydrogen-bond acceptors (Lipinski definition) is 4. The molecule has 1 heterocycles. The van der Waals surface area contributed by atoms with E-state index in [1.54, 1.807) is 0 Å². The Labute approximate surface area is 172 Å². The maximum atomic E-state index is 13.6. The highest BCUT2D eigenvalue weighted by Crippen LogP contribution is 2.65. The quantitative estimate of drug-likeness (QED) is 0.434. The average Bonchev–Trinajstić information content (AvgIpc) is 2.57. The Morgan fingerprint density at radius 1 is 0.935 bits per heavy atom. The molecule has 0 aromatic carbocycles. The molecule has 12 heteroatoms. The second kappa shape index (κ2) is 6.68. The molecule has 5 rings (SSSR count). The topological polar surface area (TPSA) is 44.8 Å². The van der Waals surface area contributed by atoms with Crippen LogP contribution in [0.15, 0.2) is 0 Å². The van der Waals surface area contributed by atoms with Gasteiger partial charge >= 0.3 is 24.2 Å². The first-order valence-corrected chi connectivity index (χ1v) is 10.0. The first-order valence-electron chi connectivity index (χ1n) is 10.0. The highest BCUT2D eigenvalue weighted by atomic mass is 19.4. The molecule has 1 aliphatic heterocycles. The molecule has 5 aliphatic rings. The zero-order valence-corrected chi connectivity index (χ0v) is 16.5. The van der Waals surface area contributed by atoms with Crippen LogP contribution in [-0.2, 0) is 19.0 Å². The number of hydrogen-bond donors (Lipinski definition) is 0. The fraction of sp³-hybridized carbons (Fsp3) is 0.947. The zero-order chi connectivity index (χ0) is 23.1. The summed E-state index contributed by atoms with van der Waals surface area (Å²) in [7, 11) is 0. The van der Waals surface area contributed by atoms with Gasteiger partial charge in [0.15, 0.2) is 5.79 Å². The summed E-state index contributed by atoms with van der Waals surface area (Å²) in [5.41, 5.74) is -4.39. The fourth-order valence-corrected chi connectivity index (χ4v) is 6.07. The fourth-order valence-electron chi connectivity index (χ4n) is 6.07. The van der Waals surface area contributed by atoms with Gasteiger partial charge < -0.3 is 14.2 Å². The van der Waals surface area contributed by atoms with Gasteiger partial charge in [0, 0.05) is 18.8 Å². The maximum Gasteiger partial charge on any atom is 0.399 e. The van der Waals surface area contributed by atoms with Gasteiger partial charge in [-0.05, 0) is 38.0 Å². The molecule has 1 spiro atoms. The van der Waals surface area contributed by atoms with Crippen LogP contribution >= 0.6 is 0 Å². The van der Waals surface area contributed by atoms with Crippen molar-refractivity contribution in [3.63, 3.8) is 0 Å². The molecule has 2 unspecified atom stereocenters. The minimum Gasteiger partial charge on any atom is -0.455 e. The molecule has 178 valence electrons. The Kier molecular flexibility index (Phi) is 4.95. The lowest BCUT2D eigenvalue weighted by Gasteiger charge is -2.65. The van der Waals surface area contributed by atoms with E-state index in [2.05, 4.69) is 0 Å². The van der Waals surface area contributed by atoms with E-state index >= 15 is 0 Å². The van der Waals surface area contributed by atoms with Crippen LogP contribution < -0.4 is 0 Å². The third-order valence-electron chi connectivity index (χ3n) is 7.23. The van der Waals surface area contributed by atoms with E-state index in [0.29, 0.717) is 26.2 Å². The maximum absolute atomic E-state index is 13.6. The highest BCUT2D eigenvalue weighted by Gasteiger charge is 2.70. The average molecular weight is 466 g/mol. The number of rotatable bonds is 3. The molecular weight excluding hydrogens is 444 g/mol. The largest absolute Gasteiger partial charge is 0.455 e. The Hall–Kier alpha value is -1.17. The van der Waals surface area contributed by atoms with Crippen molar-refractivity contribution in [1.82, 2.24) is 0 Å². The summed E-state index contributed by atoms with van der Waals surface area (Å²) < 4.78 is 122. The number of ether oxygens (including phenoxy) is 3. The van der Waals surface area contributed by atoms with E-state index in [1.165, 1.54) is 0 Å². The Morgan fingerprint density at radius 3 is 1.87 bits per heavy atom. The second-order valence-corrected chi connectivity index (χ2v) is 9.67. The van der Waals surface area contributed by atoms with Gasteiger partial charge in [0.25, 0.3) is 0 Å². The van der Waals surface area contributed by atoms with Crippen molar-refractivity contribution in [1.29, 1.82) is 0 Å². The third kappa shape index (κ3) is 3.81. The van der Waals surface area contributed by atoms with E-state index in [-0.39, 0.29) is 18.8 Å². The van der Waals surface area contributed by atoms with Gasteiger partial charge in [-0.15, -0.1) is 0 Å². The summed E-state index contributed by atoms with van der Waals surface area (Å²) in [6, 6.07) is 0. The number of esters is 1. The minimum atomic E-state index is -5.19. The zero-order valence-electron chi connectivity index (χ0n) is 16.5. The summed E-state index contributed by atoms with van der Waals surface area (Å²) in [6.45, 7) is -1.98. The van der Waals surface area contributed by atoms with E-state index in [1.807, 2.05) is 0 Å². The molecule has 4 bridgehead atoms. The van der Waals surface area contributed by atoms with Gasteiger partial charge in [0.2, 0.25) is 0 Å². The Bertz CT molecular complexity index is 715. The van der Waals surface area contributed by atoms with Crippen LogP contribution in [0.1, 0.15) is 45.4 Å². The third-order valence-corrected chi connectivity index (χ3v) is 7.23. The molecule has 2 atom stereocenters. The van der Waals surface area contributed by atoms with Crippen molar-refractivity contribution in [3.8, 4) is 0 Å². The van der Waals surface area contributed by atoms with Gasteiger partial charge in [0.05, 0.1) is 19.6 Å². The molecule has 0 radical (unpaired) electrons. The Balaban J connectivity index is 1.55. The summed E-state index contributed by atoms with van der Waals surface area (Å²) in [4.78, 5) is 11.8. The molecule has 5 fully saturated rings. The smallest absolute Gasteiger partial charge is 0.399 e. The molecule has 0 aromatic rings. The molecule has 0 amide bonds. The first-order chi connectivity index (χ1) is 14.0. The van der Waals surface area contributed by atoms with Gasteiger partial charge in [-0.1, -0.05) is 0 Å². The van der Waals surface area contributed by atoms with Crippen LogP contribution in [0, 0.1) is 23.2 Å². The number of carbonyl (C=O) groups is 1. The van der Waals surface area contributed by atoms with E-state index in [9.17, 15) is 39.9 Å². The van der Waals surface area contributed by atoms with Gasteiger partial charge in [-0.3, -0.25) is 0 Å². The lowest BCUT2D eigenvalue weighted by atomic mass is 9.51. The van der Waals surface area contributed by atoms with Crippen molar-refractivity contribution in [2.45, 2.75) is 75.1 Å². The van der Waals surface area contributed by atoms with Crippen LogP contribution in [0.2, 0.25) is 0 Å². The van der Waals surface area contributed by atoms with Crippen LogP contribution in [0.4, 0.5) is 35.1 Å². The molecule has 0 aromatic heterocycles. The van der Waals surface area contributed by atoms with Gasteiger partial charge in [-0.25, -0.2) is 4.79 Å². The van der Waals surface area contributed by atoms with Crippen LogP contribution in [0.5, 0.6) is 0 Å². The SMILES string of the molecule is CC(F)(F)C(=O)OC12CC3CC(C1)C1(OCC(CC(F)(F)F)(C(F)(F)F)CO1)C(C3)C2. The van der Waals surface area contributed by atoms with Gasteiger partial charge in [0.1, 0.15) is 11.0 Å². The molecule has 0 N–H and O–H groups in total. The lowest BCUT2D eigenvalue weighted by molar-refractivity contribution is -0.424. The predicted octanol–water partition coefficient (Wildman–Crippen LogP) is 5.01. The van der Waals surface area contributed by atoms with E-state index in [4.69, 9.17) is 14.2 Å². The number of halogens is 8. The molecule has 31 heavy (non-hydrogen) atoms. The van der Waals surface area contributed by atoms with E-state index < -0.39 is 72.5 Å². The standard InChI is InChI=1S/C19H22F8O4/c1-14(20,21)13(28)31-16-4-10-2-11(5-16)18(12(3-10)6-16)29-8-15(9-30-18,19(25,26)27)7-17(22,23)24/h10-12H,2-9H2,1H3. The monoisotopic (exact) mass is 466 g/mol. The van der Waals surface area contributed by atoms with Crippen molar-refractivity contribution < 1.29 is 54.1 Å². The van der Waals surface area contributed by atoms with Crippen LogP contribution in [0.3, 0.4) is 0 Å². The summed E-state index contributed by atoms with van der Waals surface area (Å²) in [5.74, 6) is -8.03. The van der Waals surface area contributed by atoms with E-state index in [0.717, 1.165) is 0 Å². The van der Waals surface area contributed by atoms with Crippen molar-refractivity contribution in [2.24, 2.45) is 23.2 Å². The van der Waals surface area contributed by atoms with Crippen molar-refractivity contribution in [2.75, 3.05) is 13.2 Å². The number of carbonyl (C=O) groups excluding carboxylic acids is 1. The highest BCUT2D eigenvalue weighted by molar-refractivity contribution is 5.77. The molecule has 4 nitrogen and oxygen atoms in total. The molecule has 4 aliphatic carbocycles. The number of alkyl halides is 8. The second-order valence-electron chi connectivity index (χ2n) is 9.67. The normalized spacial score (nSPS) is 42.8. The minimum absolute atomic E-state index is 0.0157. The molecular formula is C19H22F8O4. The van der Waals surface area contributed by atoms with Gasteiger partial charge in [-0.2, -0.15) is 35.1 Å². The summed E-state index contributed by atoms with van der Waals surface area (Å²) >= 11 is 0. The summed E-state index contributed by atoms with van der Waals surface area (Å²) in [5, 5.41) is 0. The first kappa shape index (κ1) is 23.0.